The second-order valence-electron chi connectivity index (χ2n) is 6.54. The molecule has 0 aliphatic heterocycles. The molecule has 4 aromatic carbocycles. The summed E-state index contributed by atoms with van der Waals surface area (Å²) in [5.74, 6) is 0. The van der Waals surface area contributed by atoms with E-state index in [9.17, 15) is 0 Å². The van der Waals surface area contributed by atoms with Crippen LogP contribution in [0.15, 0.2) is 97.1 Å². The molecule has 0 heterocycles. The highest BCUT2D eigenvalue weighted by Crippen LogP contribution is 2.43. The fourth-order valence-corrected chi connectivity index (χ4v) is 4.13. The average Bonchev–Trinajstić information content (AvgIpc) is 2.81. The van der Waals surface area contributed by atoms with Gasteiger partial charge in [-0.15, -0.1) is 0 Å². The lowest BCUT2D eigenvalue weighted by Gasteiger charge is -2.19. The minimum absolute atomic E-state index is 0.389. The van der Waals surface area contributed by atoms with Crippen LogP contribution in [-0.2, 0) is 0 Å². The summed E-state index contributed by atoms with van der Waals surface area (Å²) < 4.78 is 3.10. The number of rotatable bonds is 5. The third-order valence-corrected chi connectivity index (χ3v) is 6.28. The van der Waals surface area contributed by atoms with E-state index < -0.39 is 0 Å². The Morgan fingerprint density at radius 3 is 1.53 bits per heavy atom. The van der Waals surface area contributed by atoms with Crippen molar-refractivity contribution in [1.82, 2.24) is 0 Å². The van der Waals surface area contributed by atoms with Crippen LogP contribution in [0.25, 0.3) is 11.1 Å². The molecule has 150 valence electrons. The number of hydrogen-bond acceptors (Lipinski definition) is 2. The standard InChI is InChI=1S/C24H16Cl4N2/c25-23-21(15-16-22(24(23)26)30(28)19-9-5-2-6-10-19)17-11-13-20(14-12-17)29(27)18-7-3-1-4-8-18/h1-16H. The van der Waals surface area contributed by atoms with Gasteiger partial charge in [0.25, 0.3) is 0 Å². The highest BCUT2D eigenvalue weighted by molar-refractivity contribution is 6.46. The summed E-state index contributed by atoms with van der Waals surface area (Å²) in [4.78, 5) is 0. The van der Waals surface area contributed by atoms with E-state index in [0.717, 1.165) is 28.2 Å². The van der Waals surface area contributed by atoms with E-state index in [4.69, 9.17) is 46.8 Å². The normalized spacial score (nSPS) is 10.7. The quantitative estimate of drug-likeness (QED) is 0.266. The molecule has 30 heavy (non-hydrogen) atoms. The van der Waals surface area contributed by atoms with E-state index in [0.29, 0.717) is 15.7 Å². The molecule has 0 atom stereocenters. The molecule has 0 saturated heterocycles. The SMILES string of the molecule is Clc1c(-c2ccc(N(Cl)c3ccccc3)cc2)ccc(N(Cl)c2ccccc2)c1Cl. The van der Waals surface area contributed by atoms with E-state index in [-0.39, 0.29) is 0 Å². The van der Waals surface area contributed by atoms with Crippen LogP contribution in [0.1, 0.15) is 0 Å². The highest BCUT2D eigenvalue weighted by atomic mass is 35.5. The maximum atomic E-state index is 6.61. The van der Waals surface area contributed by atoms with Crippen molar-refractivity contribution in [3.8, 4) is 11.1 Å². The Morgan fingerprint density at radius 2 is 0.967 bits per heavy atom. The highest BCUT2D eigenvalue weighted by Gasteiger charge is 2.17. The predicted molar refractivity (Wildman–Crippen MR) is 131 cm³/mol. The molecule has 0 aromatic heterocycles. The molecule has 0 radical (unpaired) electrons. The smallest absolute Gasteiger partial charge is 0.0849 e. The molecule has 0 N–H and O–H groups in total. The molecule has 4 aromatic rings. The van der Waals surface area contributed by atoms with Crippen LogP contribution < -0.4 is 8.84 Å². The largest absolute Gasteiger partial charge is 0.254 e. The maximum absolute atomic E-state index is 6.61. The van der Waals surface area contributed by atoms with Crippen LogP contribution >= 0.6 is 46.8 Å². The molecule has 0 amide bonds. The van der Waals surface area contributed by atoms with Crippen LogP contribution in [0.2, 0.25) is 10.0 Å². The molecular formula is C24H16Cl4N2. The van der Waals surface area contributed by atoms with Gasteiger partial charge in [-0.25, -0.2) is 0 Å². The number of para-hydroxylation sites is 2. The predicted octanol–water partition coefficient (Wildman–Crippen LogP) is 9.24. The van der Waals surface area contributed by atoms with E-state index in [1.54, 1.807) is 4.42 Å². The molecule has 0 spiro atoms. The first-order valence-electron chi connectivity index (χ1n) is 9.16. The summed E-state index contributed by atoms with van der Waals surface area (Å²) in [6, 6.07) is 30.8. The van der Waals surface area contributed by atoms with Crippen molar-refractivity contribution in [3.63, 3.8) is 0 Å². The van der Waals surface area contributed by atoms with Crippen LogP contribution in [0.5, 0.6) is 0 Å². The van der Waals surface area contributed by atoms with Gasteiger partial charge in [-0.3, -0.25) is 8.84 Å². The summed E-state index contributed by atoms with van der Waals surface area (Å²) in [7, 11) is 0. The minimum atomic E-state index is 0.389. The third kappa shape index (κ3) is 4.23. The Hall–Kier alpha value is -2.36. The van der Waals surface area contributed by atoms with Crippen molar-refractivity contribution in [3.05, 3.63) is 107 Å². The van der Waals surface area contributed by atoms with Gasteiger partial charge in [-0.1, -0.05) is 77.8 Å². The molecule has 0 unspecified atom stereocenters. The summed E-state index contributed by atoms with van der Waals surface area (Å²) in [6.45, 7) is 0. The topological polar surface area (TPSA) is 6.48 Å². The molecule has 0 bridgehead atoms. The Bertz CT molecular complexity index is 1130. The van der Waals surface area contributed by atoms with Gasteiger partial charge >= 0.3 is 0 Å². The first-order chi connectivity index (χ1) is 14.6. The molecule has 0 fully saturated rings. The van der Waals surface area contributed by atoms with Gasteiger partial charge in [0.15, 0.2) is 0 Å². The van der Waals surface area contributed by atoms with Gasteiger partial charge in [0, 0.05) is 29.1 Å². The Balaban J connectivity index is 1.62. The van der Waals surface area contributed by atoms with Crippen molar-refractivity contribution in [1.29, 1.82) is 0 Å². The lowest BCUT2D eigenvalue weighted by Crippen LogP contribution is -2.03. The Kier molecular flexibility index (Phi) is 6.40. The Labute approximate surface area is 196 Å². The number of benzene rings is 4. The zero-order valence-corrected chi connectivity index (χ0v) is 18.7. The second-order valence-corrected chi connectivity index (χ2v) is 7.97. The molecule has 2 nitrogen and oxygen atoms in total. The second kappa shape index (κ2) is 9.20. The van der Waals surface area contributed by atoms with Gasteiger partial charge in [0.1, 0.15) is 0 Å². The number of hydrogen-bond donors (Lipinski definition) is 0. The zero-order valence-electron chi connectivity index (χ0n) is 15.6. The van der Waals surface area contributed by atoms with Gasteiger partial charge in [0.05, 0.1) is 32.8 Å². The maximum Gasteiger partial charge on any atom is 0.0849 e. The summed E-state index contributed by atoms with van der Waals surface area (Å²) in [5, 5.41) is 0.828. The molecule has 0 aliphatic carbocycles. The van der Waals surface area contributed by atoms with Crippen LogP contribution in [-0.4, -0.2) is 0 Å². The van der Waals surface area contributed by atoms with E-state index in [1.165, 1.54) is 4.42 Å². The first kappa shape index (κ1) is 20.9. The van der Waals surface area contributed by atoms with E-state index >= 15 is 0 Å². The fraction of sp³-hybridized carbons (Fsp3) is 0. The molecule has 6 heteroatoms. The summed E-state index contributed by atoms with van der Waals surface area (Å²) in [6.07, 6.45) is 0. The zero-order chi connectivity index (χ0) is 21.1. The van der Waals surface area contributed by atoms with Crippen LogP contribution in [0, 0.1) is 0 Å². The third-order valence-electron chi connectivity index (χ3n) is 4.64. The van der Waals surface area contributed by atoms with E-state index in [1.807, 2.05) is 97.1 Å². The number of halogens is 4. The average molecular weight is 474 g/mol. The van der Waals surface area contributed by atoms with Crippen molar-refractivity contribution in [2.45, 2.75) is 0 Å². The van der Waals surface area contributed by atoms with Crippen LogP contribution in [0.4, 0.5) is 22.7 Å². The molecule has 0 aliphatic rings. The van der Waals surface area contributed by atoms with E-state index in [2.05, 4.69) is 0 Å². The van der Waals surface area contributed by atoms with Crippen molar-refractivity contribution in [2.75, 3.05) is 8.84 Å². The molecular weight excluding hydrogens is 458 g/mol. The van der Waals surface area contributed by atoms with Crippen LogP contribution in [0.3, 0.4) is 0 Å². The summed E-state index contributed by atoms with van der Waals surface area (Å²) in [5.41, 5.74) is 4.90. The van der Waals surface area contributed by atoms with Crippen molar-refractivity contribution in [2.24, 2.45) is 0 Å². The fourth-order valence-electron chi connectivity index (χ4n) is 3.09. The van der Waals surface area contributed by atoms with Gasteiger partial charge < -0.3 is 0 Å². The first-order valence-corrected chi connectivity index (χ1v) is 10.6. The monoisotopic (exact) mass is 472 g/mol. The van der Waals surface area contributed by atoms with Crippen molar-refractivity contribution >= 4 is 69.5 Å². The summed E-state index contributed by atoms with van der Waals surface area (Å²) >= 11 is 26.1. The van der Waals surface area contributed by atoms with Gasteiger partial charge in [-0.05, 0) is 48.0 Å². The minimum Gasteiger partial charge on any atom is -0.254 e. The van der Waals surface area contributed by atoms with Crippen molar-refractivity contribution < 1.29 is 0 Å². The van der Waals surface area contributed by atoms with Gasteiger partial charge in [0.2, 0.25) is 0 Å². The lowest BCUT2D eigenvalue weighted by molar-refractivity contribution is 1.41. The number of nitrogens with zero attached hydrogens (tertiary/aromatic N) is 2. The van der Waals surface area contributed by atoms with Gasteiger partial charge in [-0.2, -0.15) is 0 Å². The molecule has 4 rings (SSSR count). The lowest BCUT2D eigenvalue weighted by atomic mass is 10.0. The number of anilines is 4. The Morgan fingerprint density at radius 1 is 0.467 bits per heavy atom. The molecule has 0 saturated carbocycles.